The molecule has 0 unspecified atom stereocenters. The molecule has 0 aliphatic carbocycles. The fraction of sp³-hybridized carbons (Fsp3) is 0.0714. The van der Waals surface area contributed by atoms with Crippen LogP contribution in [-0.4, -0.2) is 10.0 Å². The smallest absolute Gasteiger partial charge is 0.332 e. The van der Waals surface area contributed by atoms with Gasteiger partial charge in [0.05, 0.1) is 21.9 Å². The van der Waals surface area contributed by atoms with E-state index >= 15 is 0 Å². The second-order valence-electron chi connectivity index (χ2n) is 4.69. The number of nitro benzene ring substituents is 1. The lowest BCUT2D eigenvalue weighted by atomic mass is 10.1. The lowest BCUT2D eigenvalue weighted by molar-refractivity contribution is -0.385. The molecule has 0 fully saturated rings. The van der Waals surface area contributed by atoms with E-state index in [1.807, 2.05) is 0 Å². The van der Waals surface area contributed by atoms with Gasteiger partial charge in [-0.05, 0) is 30.4 Å². The van der Waals surface area contributed by atoms with Crippen LogP contribution < -0.4 is 10.6 Å². The molecule has 0 heterocycles. The van der Waals surface area contributed by atoms with E-state index in [9.17, 15) is 32.1 Å². The Labute approximate surface area is 142 Å². The molecule has 0 atom stereocenters. The molecule has 0 aliphatic rings. The number of non-ortho nitro benzene ring substituents is 1. The highest BCUT2D eigenvalue weighted by molar-refractivity contribution is 7.80. The minimum atomic E-state index is -4.88. The second kappa shape index (κ2) is 6.97. The summed E-state index contributed by atoms with van der Waals surface area (Å²) in [4.78, 5) is 9.66. The summed E-state index contributed by atoms with van der Waals surface area (Å²) in [5.41, 5.74) is -2.88. The SMILES string of the molecule is O=[N+]([O-])c1ccc(NC(=S)Nc2ccc(F)cc2F)c(C(F)(F)F)c1. The number of anilines is 2. The number of thiocarbonyl (C=S) groups is 1. The highest BCUT2D eigenvalue weighted by atomic mass is 32.1. The summed E-state index contributed by atoms with van der Waals surface area (Å²) in [5.74, 6) is -1.83. The summed E-state index contributed by atoms with van der Waals surface area (Å²) in [6.07, 6.45) is -4.88. The van der Waals surface area contributed by atoms with Crippen molar-refractivity contribution in [2.24, 2.45) is 0 Å². The fourth-order valence-corrected chi connectivity index (χ4v) is 2.08. The third kappa shape index (κ3) is 4.59. The number of hydrogen-bond acceptors (Lipinski definition) is 3. The summed E-state index contributed by atoms with van der Waals surface area (Å²) in [7, 11) is 0. The standard InChI is InChI=1S/C14H8F5N3O2S/c15-7-1-3-12(10(16)5-7)21-13(25)20-11-4-2-8(22(23)24)6-9(11)14(17,18)19/h1-6H,(H2,20,21,25). The third-order valence-corrected chi connectivity index (χ3v) is 3.15. The Morgan fingerprint density at radius 1 is 1.04 bits per heavy atom. The maximum absolute atomic E-state index is 13.5. The molecule has 2 N–H and O–H groups in total. The number of hydrogen-bond donors (Lipinski definition) is 2. The zero-order chi connectivity index (χ0) is 18.8. The summed E-state index contributed by atoms with van der Waals surface area (Å²) in [6.45, 7) is 0. The fourth-order valence-electron chi connectivity index (χ4n) is 1.86. The summed E-state index contributed by atoms with van der Waals surface area (Å²) < 4.78 is 65.5. The van der Waals surface area contributed by atoms with Gasteiger partial charge >= 0.3 is 6.18 Å². The molecule has 0 amide bonds. The lowest BCUT2D eigenvalue weighted by Gasteiger charge is -2.16. The van der Waals surface area contributed by atoms with Crippen LogP contribution >= 0.6 is 12.2 Å². The molecule has 11 heteroatoms. The Morgan fingerprint density at radius 3 is 2.20 bits per heavy atom. The highest BCUT2D eigenvalue weighted by Crippen LogP contribution is 2.37. The van der Waals surface area contributed by atoms with Crippen LogP contribution in [0.15, 0.2) is 36.4 Å². The van der Waals surface area contributed by atoms with Gasteiger partial charge in [-0.15, -0.1) is 0 Å². The Balaban J connectivity index is 2.26. The Bertz CT molecular complexity index is 842. The van der Waals surface area contributed by atoms with Gasteiger partial charge < -0.3 is 10.6 Å². The van der Waals surface area contributed by atoms with Gasteiger partial charge in [0.15, 0.2) is 5.11 Å². The molecule has 0 aliphatic heterocycles. The predicted octanol–water partition coefficient (Wildman–Crippen LogP) is 4.70. The van der Waals surface area contributed by atoms with E-state index in [0.29, 0.717) is 12.1 Å². The van der Waals surface area contributed by atoms with E-state index < -0.39 is 44.8 Å². The number of nitrogens with zero attached hydrogens (tertiary/aromatic N) is 1. The number of halogens is 5. The molecular weight excluding hydrogens is 369 g/mol. The highest BCUT2D eigenvalue weighted by Gasteiger charge is 2.35. The topological polar surface area (TPSA) is 67.2 Å². The molecule has 25 heavy (non-hydrogen) atoms. The Kier molecular flexibility index (Phi) is 5.16. The van der Waals surface area contributed by atoms with E-state index in [-0.39, 0.29) is 5.69 Å². The maximum atomic E-state index is 13.5. The minimum absolute atomic E-state index is 0.255. The first-order valence-electron chi connectivity index (χ1n) is 6.46. The third-order valence-electron chi connectivity index (χ3n) is 2.95. The van der Waals surface area contributed by atoms with Gasteiger partial charge in [0, 0.05) is 18.2 Å². The Hall–Kier alpha value is -2.82. The van der Waals surface area contributed by atoms with Gasteiger partial charge in [-0.2, -0.15) is 13.2 Å². The van der Waals surface area contributed by atoms with Crippen molar-refractivity contribution >= 4 is 34.4 Å². The maximum Gasteiger partial charge on any atom is 0.418 e. The van der Waals surface area contributed by atoms with E-state index in [4.69, 9.17) is 12.2 Å². The van der Waals surface area contributed by atoms with Crippen LogP contribution in [0, 0.1) is 21.7 Å². The quantitative estimate of drug-likeness (QED) is 0.351. The number of nitro groups is 1. The Morgan fingerprint density at radius 2 is 1.64 bits per heavy atom. The molecule has 0 saturated carbocycles. The van der Waals surface area contributed by atoms with Crippen molar-refractivity contribution < 1.29 is 26.9 Å². The minimum Gasteiger partial charge on any atom is -0.332 e. The molecule has 2 rings (SSSR count). The summed E-state index contributed by atoms with van der Waals surface area (Å²) >= 11 is 4.79. The first-order valence-corrected chi connectivity index (χ1v) is 6.87. The number of rotatable bonds is 3. The zero-order valence-corrected chi connectivity index (χ0v) is 12.8. The predicted molar refractivity (Wildman–Crippen MR) is 84.3 cm³/mol. The molecule has 132 valence electrons. The summed E-state index contributed by atoms with van der Waals surface area (Å²) in [5, 5.41) is 14.7. The lowest BCUT2D eigenvalue weighted by Crippen LogP contribution is -2.22. The van der Waals surface area contributed by atoms with Gasteiger partial charge in [0.1, 0.15) is 11.6 Å². The molecule has 0 radical (unpaired) electrons. The van der Waals surface area contributed by atoms with E-state index in [1.165, 1.54) is 0 Å². The zero-order valence-electron chi connectivity index (χ0n) is 12.0. The van der Waals surface area contributed by atoms with Crippen molar-refractivity contribution in [1.82, 2.24) is 0 Å². The van der Waals surface area contributed by atoms with Crippen molar-refractivity contribution in [2.45, 2.75) is 6.18 Å². The van der Waals surface area contributed by atoms with Crippen molar-refractivity contribution in [3.05, 3.63) is 63.7 Å². The van der Waals surface area contributed by atoms with Crippen LogP contribution in [0.4, 0.5) is 39.0 Å². The average Bonchev–Trinajstić information content (AvgIpc) is 2.49. The number of nitrogens with one attached hydrogen (secondary N) is 2. The number of alkyl halides is 3. The first-order chi connectivity index (χ1) is 11.6. The molecule has 2 aromatic rings. The van der Waals surface area contributed by atoms with Crippen LogP contribution in [0.5, 0.6) is 0 Å². The first kappa shape index (κ1) is 18.5. The molecular formula is C14H8F5N3O2S. The van der Waals surface area contributed by atoms with Crippen LogP contribution in [0.1, 0.15) is 5.56 Å². The molecule has 0 spiro atoms. The molecule has 0 saturated heterocycles. The van der Waals surface area contributed by atoms with E-state index in [0.717, 1.165) is 24.3 Å². The monoisotopic (exact) mass is 377 g/mol. The molecule has 5 nitrogen and oxygen atoms in total. The van der Waals surface area contributed by atoms with Gasteiger partial charge in [0.25, 0.3) is 5.69 Å². The van der Waals surface area contributed by atoms with Crippen LogP contribution in [0.3, 0.4) is 0 Å². The van der Waals surface area contributed by atoms with Gasteiger partial charge in [-0.1, -0.05) is 0 Å². The van der Waals surface area contributed by atoms with Crippen molar-refractivity contribution in [2.75, 3.05) is 10.6 Å². The second-order valence-corrected chi connectivity index (χ2v) is 5.10. The average molecular weight is 377 g/mol. The van der Waals surface area contributed by atoms with Crippen LogP contribution in [-0.2, 0) is 6.18 Å². The molecule has 0 aromatic heterocycles. The summed E-state index contributed by atoms with van der Waals surface area (Å²) in [6, 6.07) is 4.55. The number of benzene rings is 2. The van der Waals surface area contributed by atoms with Crippen LogP contribution in [0.2, 0.25) is 0 Å². The van der Waals surface area contributed by atoms with E-state index in [2.05, 4.69) is 10.6 Å². The largest absolute Gasteiger partial charge is 0.418 e. The molecule has 2 aromatic carbocycles. The normalized spacial score (nSPS) is 11.1. The van der Waals surface area contributed by atoms with Crippen molar-refractivity contribution in [1.29, 1.82) is 0 Å². The van der Waals surface area contributed by atoms with E-state index in [1.54, 1.807) is 0 Å². The van der Waals surface area contributed by atoms with Crippen molar-refractivity contribution in [3.63, 3.8) is 0 Å². The van der Waals surface area contributed by atoms with Crippen LogP contribution in [0.25, 0.3) is 0 Å². The van der Waals surface area contributed by atoms with Gasteiger partial charge in [-0.25, -0.2) is 8.78 Å². The van der Waals surface area contributed by atoms with Gasteiger partial charge in [0.2, 0.25) is 0 Å². The van der Waals surface area contributed by atoms with Crippen molar-refractivity contribution in [3.8, 4) is 0 Å². The van der Waals surface area contributed by atoms with Gasteiger partial charge in [-0.3, -0.25) is 10.1 Å². The molecule has 0 bridgehead atoms.